The second-order valence-corrected chi connectivity index (χ2v) is 5.48. The number of hydrogen-bond donors (Lipinski definition) is 1. The summed E-state index contributed by atoms with van der Waals surface area (Å²) in [5.41, 5.74) is 2.59. The molecule has 0 saturated carbocycles. The van der Waals surface area contributed by atoms with Crippen LogP contribution < -0.4 is 10.1 Å². The summed E-state index contributed by atoms with van der Waals surface area (Å²) in [6, 6.07) is 3.65. The SMILES string of the molecule is CCCCNC(=O)COc1cc(C)nc(-n2nc(C)cc2C)n1. The van der Waals surface area contributed by atoms with Crippen LogP contribution in [0.25, 0.3) is 5.95 Å². The molecule has 1 amide bonds. The normalized spacial score (nSPS) is 10.6. The Bertz CT molecular complexity index is 681. The predicted octanol–water partition coefficient (Wildman–Crippen LogP) is 1.88. The zero-order chi connectivity index (χ0) is 16.8. The lowest BCUT2D eigenvalue weighted by molar-refractivity contribution is -0.123. The van der Waals surface area contributed by atoms with E-state index in [1.807, 2.05) is 26.8 Å². The first-order chi connectivity index (χ1) is 11.0. The van der Waals surface area contributed by atoms with Gasteiger partial charge in [-0.2, -0.15) is 10.1 Å². The summed E-state index contributed by atoms with van der Waals surface area (Å²) in [5, 5.41) is 7.17. The third kappa shape index (κ3) is 4.77. The molecule has 2 heterocycles. The Morgan fingerprint density at radius 2 is 2.00 bits per heavy atom. The summed E-state index contributed by atoms with van der Waals surface area (Å²) in [7, 11) is 0. The number of aromatic nitrogens is 4. The van der Waals surface area contributed by atoms with Gasteiger partial charge in [0, 0.05) is 24.0 Å². The standard InChI is InChI=1S/C16H23N5O2/c1-5-6-7-17-14(22)10-23-15-9-11(2)18-16(19-15)21-13(4)8-12(3)20-21/h8-9H,5-7,10H2,1-4H3,(H,17,22). The Kier molecular flexibility index (Phi) is 5.67. The molecule has 0 aliphatic carbocycles. The molecule has 0 aromatic carbocycles. The van der Waals surface area contributed by atoms with Gasteiger partial charge in [-0.15, -0.1) is 0 Å². The van der Waals surface area contributed by atoms with E-state index in [1.54, 1.807) is 10.7 Å². The number of aryl methyl sites for hydroxylation is 3. The summed E-state index contributed by atoms with van der Waals surface area (Å²) in [6.45, 7) is 8.39. The van der Waals surface area contributed by atoms with E-state index in [1.165, 1.54) is 0 Å². The van der Waals surface area contributed by atoms with Crippen LogP contribution >= 0.6 is 0 Å². The maximum Gasteiger partial charge on any atom is 0.258 e. The van der Waals surface area contributed by atoms with Crippen molar-refractivity contribution in [3.63, 3.8) is 0 Å². The molecule has 2 rings (SSSR count). The van der Waals surface area contributed by atoms with Gasteiger partial charge in [-0.3, -0.25) is 4.79 Å². The number of unbranched alkanes of at least 4 members (excludes halogenated alkanes) is 1. The number of nitrogens with one attached hydrogen (secondary N) is 1. The maximum absolute atomic E-state index is 11.7. The smallest absolute Gasteiger partial charge is 0.258 e. The Morgan fingerprint density at radius 1 is 1.22 bits per heavy atom. The van der Waals surface area contributed by atoms with Gasteiger partial charge in [0.15, 0.2) is 6.61 Å². The monoisotopic (exact) mass is 317 g/mol. The minimum Gasteiger partial charge on any atom is -0.467 e. The molecular weight excluding hydrogens is 294 g/mol. The summed E-state index contributed by atoms with van der Waals surface area (Å²) in [5.74, 6) is 0.657. The van der Waals surface area contributed by atoms with E-state index in [9.17, 15) is 4.79 Å². The van der Waals surface area contributed by atoms with Crippen LogP contribution in [0, 0.1) is 20.8 Å². The summed E-state index contributed by atoms with van der Waals surface area (Å²) < 4.78 is 7.15. The Balaban J connectivity index is 2.06. The lowest BCUT2D eigenvalue weighted by Crippen LogP contribution is -2.29. The van der Waals surface area contributed by atoms with Crippen molar-refractivity contribution >= 4 is 5.91 Å². The van der Waals surface area contributed by atoms with Crippen molar-refractivity contribution in [3.05, 3.63) is 29.2 Å². The van der Waals surface area contributed by atoms with Gasteiger partial charge in [-0.05, 0) is 33.3 Å². The van der Waals surface area contributed by atoms with Crippen LogP contribution in [0.4, 0.5) is 0 Å². The topological polar surface area (TPSA) is 81.9 Å². The highest BCUT2D eigenvalue weighted by atomic mass is 16.5. The molecular formula is C16H23N5O2. The number of carbonyl (C=O) groups is 1. The summed E-state index contributed by atoms with van der Waals surface area (Å²) in [6.07, 6.45) is 2.00. The van der Waals surface area contributed by atoms with Crippen molar-refractivity contribution in [3.8, 4) is 11.8 Å². The van der Waals surface area contributed by atoms with E-state index in [2.05, 4.69) is 27.3 Å². The van der Waals surface area contributed by atoms with Gasteiger partial charge in [0.2, 0.25) is 5.88 Å². The van der Waals surface area contributed by atoms with Crippen LogP contribution in [0.1, 0.15) is 36.8 Å². The molecule has 0 radical (unpaired) electrons. The highest BCUT2D eigenvalue weighted by Gasteiger charge is 2.10. The van der Waals surface area contributed by atoms with E-state index in [0.717, 1.165) is 29.9 Å². The van der Waals surface area contributed by atoms with Crippen molar-refractivity contribution in [1.29, 1.82) is 0 Å². The molecule has 7 nitrogen and oxygen atoms in total. The first-order valence-electron chi connectivity index (χ1n) is 7.78. The van der Waals surface area contributed by atoms with Gasteiger partial charge < -0.3 is 10.1 Å². The van der Waals surface area contributed by atoms with E-state index >= 15 is 0 Å². The van der Waals surface area contributed by atoms with Crippen molar-refractivity contribution in [1.82, 2.24) is 25.1 Å². The molecule has 124 valence electrons. The van der Waals surface area contributed by atoms with Crippen LogP contribution in [0.2, 0.25) is 0 Å². The fraction of sp³-hybridized carbons (Fsp3) is 0.500. The lowest BCUT2D eigenvalue weighted by atomic mass is 10.3. The van der Waals surface area contributed by atoms with Gasteiger partial charge in [0.1, 0.15) is 0 Å². The summed E-state index contributed by atoms with van der Waals surface area (Å²) >= 11 is 0. The molecule has 1 N–H and O–H groups in total. The van der Waals surface area contributed by atoms with Crippen molar-refractivity contribution in [2.24, 2.45) is 0 Å². The second-order valence-electron chi connectivity index (χ2n) is 5.48. The van der Waals surface area contributed by atoms with Crippen LogP contribution in [0.3, 0.4) is 0 Å². The molecule has 2 aromatic heterocycles. The van der Waals surface area contributed by atoms with E-state index in [-0.39, 0.29) is 12.5 Å². The first-order valence-corrected chi connectivity index (χ1v) is 7.78. The fourth-order valence-corrected chi connectivity index (χ4v) is 2.12. The molecule has 0 saturated heterocycles. The number of nitrogens with zero attached hydrogens (tertiary/aromatic N) is 4. The molecule has 0 spiro atoms. The molecule has 0 fully saturated rings. The maximum atomic E-state index is 11.7. The van der Waals surface area contributed by atoms with Crippen molar-refractivity contribution < 1.29 is 9.53 Å². The minimum absolute atomic E-state index is 0.0588. The van der Waals surface area contributed by atoms with E-state index < -0.39 is 0 Å². The fourth-order valence-electron chi connectivity index (χ4n) is 2.12. The Hall–Kier alpha value is -2.44. The van der Waals surface area contributed by atoms with Gasteiger partial charge >= 0.3 is 0 Å². The van der Waals surface area contributed by atoms with Gasteiger partial charge in [0.25, 0.3) is 11.9 Å². The Morgan fingerprint density at radius 3 is 2.65 bits per heavy atom. The first kappa shape index (κ1) is 16.9. The number of ether oxygens (including phenoxy) is 1. The average molecular weight is 317 g/mol. The van der Waals surface area contributed by atoms with Crippen LogP contribution in [0.5, 0.6) is 5.88 Å². The molecule has 0 unspecified atom stereocenters. The zero-order valence-electron chi connectivity index (χ0n) is 14.1. The lowest BCUT2D eigenvalue weighted by Gasteiger charge is -2.09. The zero-order valence-corrected chi connectivity index (χ0v) is 14.1. The molecule has 0 atom stereocenters. The number of rotatable bonds is 7. The van der Waals surface area contributed by atoms with Gasteiger partial charge in [-0.1, -0.05) is 13.3 Å². The summed E-state index contributed by atoms with van der Waals surface area (Å²) in [4.78, 5) is 20.4. The predicted molar refractivity (Wildman–Crippen MR) is 86.8 cm³/mol. The van der Waals surface area contributed by atoms with Crippen LogP contribution in [0.15, 0.2) is 12.1 Å². The van der Waals surface area contributed by atoms with Gasteiger partial charge in [-0.25, -0.2) is 9.67 Å². The van der Waals surface area contributed by atoms with Crippen molar-refractivity contribution in [2.45, 2.75) is 40.5 Å². The quantitative estimate of drug-likeness (QED) is 0.789. The molecule has 0 aliphatic rings. The molecule has 0 bridgehead atoms. The third-order valence-corrected chi connectivity index (χ3v) is 3.22. The Labute approximate surface area is 136 Å². The highest BCUT2D eigenvalue weighted by Crippen LogP contribution is 2.13. The van der Waals surface area contributed by atoms with Crippen molar-refractivity contribution in [2.75, 3.05) is 13.2 Å². The number of carbonyl (C=O) groups excluding carboxylic acids is 1. The molecule has 23 heavy (non-hydrogen) atoms. The molecule has 7 heteroatoms. The largest absolute Gasteiger partial charge is 0.467 e. The third-order valence-electron chi connectivity index (χ3n) is 3.22. The van der Waals surface area contributed by atoms with Crippen LogP contribution in [-0.4, -0.2) is 38.8 Å². The molecule has 2 aromatic rings. The highest BCUT2D eigenvalue weighted by molar-refractivity contribution is 5.77. The minimum atomic E-state index is -0.151. The number of hydrogen-bond acceptors (Lipinski definition) is 5. The van der Waals surface area contributed by atoms with E-state index in [4.69, 9.17) is 4.74 Å². The van der Waals surface area contributed by atoms with E-state index in [0.29, 0.717) is 18.4 Å². The average Bonchev–Trinajstić information content (AvgIpc) is 2.84. The van der Waals surface area contributed by atoms with Crippen LogP contribution in [-0.2, 0) is 4.79 Å². The van der Waals surface area contributed by atoms with Gasteiger partial charge in [0.05, 0.1) is 5.69 Å². The second kappa shape index (κ2) is 7.71. The number of amides is 1. The molecule has 0 aliphatic heterocycles.